The third kappa shape index (κ3) is 541. The van der Waals surface area contributed by atoms with E-state index in [4.69, 9.17) is 12.2 Å². The maximum atomic E-state index is 8.76. The van der Waals surface area contributed by atoms with Crippen molar-refractivity contribution in [1.29, 1.82) is 0 Å². The largest absolute Gasteiger partial charge is 1.00 e. The molecule has 0 saturated heterocycles. The first-order valence-corrected chi connectivity index (χ1v) is 2.76. The molecule has 0 aromatic rings. The molecule has 12 N–H and O–H groups in total. The van der Waals surface area contributed by atoms with Crippen LogP contribution < -0.4 is 29.6 Å². The van der Waals surface area contributed by atoms with E-state index in [1.807, 2.05) is 0 Å². The molecule has 0 bridgehead atoms. The van der Waals surface area contributed by atoms with E-state index in [-0.39, 0.29) is 56.9 Å². The summed E-state index contributed by atoms with van der Waals surface area (Å²) in [5, 5.41) is 0. The zero-order valence-corrected chi connectivity index (χ0v) is 8.92. The summed E-state index contributed by atoms with van der Waals surface area (Å²) >= 11 is -3.29. The second kappa shape index (κ2) is 50.3. The number of hydrogen-bond acceptors (Lipinski definition) is 1. The molecule has 0 fully saturated rings. The molecular formula is H12NaO8Se+. The molecule has 0 aliphatic heterocycles. The van der Waals surface area contributed by atoms with E-state index < -0.39 is 14.5 Å². The van der Waals surface area contributed by atoms with E-state index >= 15 is 0 Å². The standard InChI is InChI=1S/Na.H2O3Se.5H2O/c;1-4(2)3;;;;;/h;(H2,1,2,3);5*1H2/q+1;;;;;;. The van der Waals surface area contributed by atoms with E-state index in [0.29, 0.717) is 0 Å². The third-order valence-corrected chi connectivity index (χ3v) is 0. The Morgan fingerprint density at radius 3 is 0.800 bits per heavy atom. The van der Waals surface area contributed by atoms with Crippen molar-refractivity contribution in [3.63, 3.8) is 0 Å². The Labute approximate surface area is 83.4 Å². The average Bonchev–Trinajstić information content (AvgIpc) is 0.811. The van der Waals surface area contributed by atoms with Crippen LogP contribution in [0, 0.1) is 0 Å². The molecule has 0 unspecified atom stereocenters. The van der Waals surface area contributed by atoms with Crippen LogP contribution >= 0.6 is 0 Å². The Bertz CT molecular complexity index is 32.2. The van der Waals surface area contributed by atoms with Crippen LogP contribution in [0.2, 0.25) is 0 Å². The normalized spacial score (nSPS) is 3.50. The molecule has 0 amide bonds. The first-order valence-electron chi connectivity index (χ1n) is 0.532. The molecule has 0 atom stereocenters. The predicted octanol–water partition coefficient (Wildman–Crippen LogP) is -8.73. The first-order chi connectivity index (χ1) is 1.73. The molecule has 0 radical (unpaired) electrons. The molecule has 0 saturated carbocycles. The first kappa shape index (κ1) is 68.2. The van der Waals surface area contributed by atoms with Crippen molar-refractivity contribution in [2.75, 3.05) is 0 Å². The Balaban J connectivity index is -0.00000000300. The second-order valence-corrected chi connectivity index (χ2v) is 1.20. The van der Waals surface area contributed by atoms with E-state index in [9.17, 15) is 0 Å². The van der Waals surface area contributed by atoms with Gasteiger partial charge in [0, 0.05) is 0 Å². The molecule has 10 heavy (non-hydrogen) atoms. The SMILES string of the molecule is O.O.O.O.O.O=[Se](O)O.[Na+]. The fourth-order valence-electron chi connectivity index (χ4n) is 0. The fraction of sp³-hybridized carbons (Fsp3) is 0. The summed E-state index contributed by atoms with van der Waals surface area (Å²) in [5.74, 6) is 0. The Morgan fingerprint density at radius 2 is 0.800 bits per heavy atom. The zero-order chi connectivity index (χ0) is 3.58. The smallest absolute Gasteiger partial charge is 1.00 e. The molecular weight excluding hydrogens is 230 g/mol. The molecule has 8 nitrogen and oxygen atoms in total. The molecule has 0 aromatic heterocycles. The summed E-state index contributed by atoms with van der Waals surface area (Å²) in [5.41, 5.74) is 0. The Morgan fingerprint density at radius 1 is 0.800 bits per heavy atom. The molecule has 0 rings (SSSR count). The average molecular weight is 242 g/mol. The molecule has 0 aromatic carbocycles. The fourth-order valence-corrected chi connectivity index (χ4v) is 0. The van der Waals surface area contributed by atoms with Gasteiger partial charge in [0.25, 0.3) is 0 Å². The van der Waals surface area contributed by atoms with E-state index in [0.717, 1.165) is 0 Å². The van der Waals surface area contributed by atoms with Crippen molar-refractivity contribution < 1.29 is 69.2 Å². The second-order valence-electron chi connectivity index (χ2n) is 0.231. The molecule has 0 aliphatic carbocycles. The maximum absolute atomic E-state index is 8.76. The molecule has 0 aliphatic rings. The summed E-state index contributed by atoms with van der Waals surface area (Å²) in [6.07, 6.45) is 0. The summed E-state index contributed by atoms with van der Waals surface area (Å²) < 4.78 is 23.1. The van der Waals surface area contributed by atoms with Gasteiger partial charge in [0.15, 0.2) is 0 Å². The Kier molecular flexibility index (Phi) is 343. The van der Waals surface area contributed by atoms with Crippen molar-refractivity contribution >= 4 is 14.5 Å². The van der Waals surface area contributed by atoms with Gasteiger partial charge in [-0.25, -0.2) is 0 Å². The third-order valence-electron chi connectivity index (χ3n) is 0. The van der Waals surface area contributed by atoms with Crippen LogP contribution in [-0.4, -0.2) is 50.3 Å². The predicted molar refractivity (Wildman–Crippen MR) is 28.9 cm³/mol. The summed E-state index contributed by atoms with van der Waals surface area (Å²) in [7, 11) is 0. The van der Waals surface area contributed by atoms with Gasteiger partial charge < -0.3 is 27.4 Å². The van der Waals surface area contributed by atoms with E-state index in [1.54, 1.807) is 0 Å². The summed E-state index contributed by atoms with van der Waals surface area (Å²) in [4.78, 5) is 0. The Hall–Kier alpha value is 1.04. The van der Waals surface area contributed by atoms with Gasteiger partial charge in [-0.15, -0.1) is 0 Å². The van der Waals surface area contributed by atoms with Crippen molar-refractivity contribution in [2.45, 2.75) is 0 Å². The van der Waals surface area contributed by atoms with Crippen molar-refractivity contribution in [3.8, 4) is 0 Å². The van der Waals surface area contributed by atoms with Gasteiger partial charge >= 0.3 is 56.3 Å². The summed E-state index contributed by atoms with van der Waals surface area (Å²) in [6, 6.07) is 0. The van der Waals surface area contributed by atoms with Crippen LogP contribution in [0.25, 0.3) is 0 Å². The van der Waals surface area contributed by atoms with Crippen molar-refractivity contribution in [1.82, 2.24) is 0 Å². The minimum Gasteiger partial charge on any atom is 1.00 e. The van der Waals surface area contributed by atoms with Crippen LogP contribution in [-0.2, 0) is 3.83 Å². The molecule has 0 spiro atoms. The van der Waals surface area contributed by atoms with Gasteiger partial charge in [-0.1, -0.05) is 0 Å². The topological polar surface area (TPSA) is 215 Å². The van der Waals surface area contributed by atoms with Gasteiger partial charge in [-0.05, 0) is 0 Å². The molecule has 0 heterocycles. The zero-order valence-electron chi connectivity index (χ0n) is 5.21. The van der Waals surface area contributed by atoms with E-state index in [1.165, 1.54) is 0 Å². The van der Waals surface area contributed by atoms with Crippen LogP contribution in [0.4, 0.5) is 0 Å². The van der Waals surface area contributed by atoms with Crippen LogP contribution in [0.15, 0.2) is 0 Å². The van der Waals surface area contributed by atoms with Gasteiger partial charge in [0.1, 0.15) is 0 Å². The van der Waals surface area contributed by atoms with Gasteiger partial charge in [-0.2, -0.15) is 0 Å². The minimum absolute atomic E-state index is 0. The number of rotatable bonds is 0. The minimum atomic E-state index is -3.29. The van der Waals surface area contributed by atoms with Gasteiger partial charge in [-0.3, -0.25) is 0 Å². The van der Waals surface area contributed by atoms with Gasteiger partial charge in [0.2, 0.25) is 0 Å². The van der Waals surface area contributed by atoms with Crippen molar-refractivity contribution in [3.05, 3.63) is 0 Å². The maximum Gasteiger partial charge on any atom is 1.00 e. The van der Waals surface area contributed by atoms with Crippen molar-refractivity contribution in [2.24, 2.45) is 0 Å². The van der Waals surface area contributed by atoms with Crippen LogP contribution in [0.1, 0.15) is 0 Å². The van der Waals surface area contributed by atoms with Gasteiger partial charge in [0.05, 0.1) is 0 Å². The molecule has 66 valence electrons. The summed E-state index contributed by atoms with van der Waals surface area (Å²) in [6.45, 7) is 0. The number of hydrogen-bond donors (Lipinski definition) is 2. The monoisotopic (exact) mass is 243 g/mol. The van der Waals surface area contributed by atoms with E-state index in [2.05, 4.69) is 0 Å². The molecule has 10 heteroatoms. The quantitative estimate of drug-likeness (QED) is 0.395. The van der Waals surface area contributed by atoms with Crippen LogP contribution in [0.5, 0.6) is 0 Å². The van der Waals surface area contributed by atoms with Crippen LogP contribution in [0.3, 0.4) is 0 Å².